The number of hydrazine groups is 1. The summed E-state index contributed by atoms with van der Waals surface area (Å²) in [5.41, 5.74) is 4.44. The Balaban J connectivity index is 0.000000356. The molecule has 1 aromatic rings. The third-order valence-electron chi connectivity index (χ3n) is 2.23. The van der Waals surface area contributed by atoms with Crippen LogP contribution in [0.3, 0.4) is 0 Å². The summed E-state index contributed by atoms with van der Waals surface area (Å²) in [4.78, 5) is 11.1. The number of amides is 1. The highest BCUT2D eigenvalue weighted by atomic mass is 16.2. The molecular formula is C16H24N2O. The fraction of sp³-hybridized carbons (Fsp3) is 0.312. The van der Waals surface area contributed by atoms with Crippen LogP contribution in [0.4, 0.5) is 0 Å². The number of hydrogen-bond acceptors (Lipinski definition) is 2. The van der Waals surface area contributed by atoms with E-state index in [0.29, 0.717) is 5.57 Å². The highest BCUT2D eigenvalue weighted by molar-refractivity contribution is 5.92. The molecule has 0 fully saturated rings. The summed E-state index contributed by atoms with van der Waals surface area (Å²) in [6, 6.07) is 10.0. The maximum atomic E-state index is 11.1. The zero-order valence-electron chi connectivity index (χ0n) is 12.1. The van der Waals surface area contributed by atoms with Crippen molar-refractivity contribution in [2.24, 2.45) is 0 Å². The second kappa shape index (κ2) is 10.1. The molecule has 0 radical (unpaired) electrons. The number of rotatable bonds is 5. The molecule has 19 heavy (non-hydrogen) atoms. The topological polar surface area (TPSA) is 32.3 Å². The number of benzene rings is 1. The molecule has 0 spiro atoms. The van der Waals surface area contributed by atoms with Crippen LogP contribution in [0.5, 0.6) is 0 Å². The van der Waals surface area contributed by atoms with E-state index in [0.717, 1.165) is 12.8 Å². The summed E-state index contributed by atoms with van der Waals surface area (Å²) in [6.07, 6.45) is 3.55. The van der Waals surface area contributed by atoms with Crippen LogP contribution in [-0.2, 0) is 4.79 Å². The van der Waals surface area contributed by atoms with E-state index in [9.17, 15) is 4.79 Å². The number of hydrogen-bond donors (Lipinski definition) is 1. The first-order valence-electron chi connectivity index (χ1n) is 6.34. The summed E-state index contributed by atoms with van der Waals surface area (Å²) in [7, 11) is 3.55. The molecule has 0 bridgehead atoms. The van der Waals surface area contributed by atoms with Crippen LogP contribution in [0.25, 0.3) is 6.08 Å². The van der Waals surface area contributed by atoms with Gasteiger partial charge in [0.2, 0.25) is 0 Å². The lowest BCUT2D eigenvalue weighted by Crippen LogP contribution is -2.36. The molecular weight excluding hydrogens is 236 g/mol. The van der Waals surface area contributed by atoms with Gasteiger partial charge in [0.15, 0.2) is 0 Å². The monoisotopic (exact) mass is 260 g/mol. The van der Waals surface area contributed by atoms with Crippen molar-refractivity contribution in [3.8, 4) is 0 Å². The van der Waals surface area contributed by atoms with Gasteiger partial charge in [-0.3, -0.25) is 10.2 Å². The van der Waals surface area contributed by atoms with E-state index >= 15 is 0 Å². The van der Waals surface area contributed by atoms with E-state index in [-0.39, 0.29) is 5.91 Å². The van der Waals surface area contributed by atoms with Gasteiger partial charge in [0.05, 0.1) is 0 Å². The Hall–Kier alpha value is -1.87. The maximum absolute atomic E-state index is 11.1. The van der Waals surface area contributed by atoms with Gasteiger partial charge < -0.3 is 0 Å². The number of nitrogens with zero attached hydrogens (tertiary/aromatic N) is 1. The largest absolute Gasteiger partial charge is 0.286 e. The Morgan fingerprint density at radius 1 is 1.32 bits per heavy atom. The third kappa shape index (κ3) is 8.80. The van der Waals surface area contributed by atoms with Crippen LogP contribution < -0.4 is 5.43 Å². The molecule has 0 heterocycles. The number of carbonyl (C=O) groups excluding carboxylic acids is 1. The van der Waals surface area contributed by atoms with E-state index in [1.165, 1.54) is 5.56 Å². The Morgan fingerprint density at radius 3 is 2.26 bits per heavy atom. The first-order valence-corrected chi connectivity index (χ1v) is 6.34. The van der Waals surface area contributed by atoms with Crippen molar-refractivity contribution < 1.29 is 4.79 Å². The lowest BCUT2D eigenvalue weighted by atomic mass is 10.2. The van der Waals surface area contributed by atoms with Gasteiger partial charge in [0, 0.05) is 19.7 Å². The van der Waals surface area contributed by atoms with Gasteiger partial charge in [-0.2, -0.15) is 0 Å². The standard InChI is InChI=1S/C8H16N2O.C8H8/c1-5-6-7(2)8(11)9-10(3)4;1-2-8-6-4-3-5-7-8/h2,5-6H2,1,3-4H3,(H,9,11);2-7H,1H2. The molecule has 104 valence electrons. The Bertz CT molecular complexity index is 396. The van der Waals surface area contributed by atoms with Gasteiger partial charge in [0.1, 0.15) is 0 Å². The average molecular weight is 260 g/mol. The summed E-state index contributed by atoms with van der Waals surface area (Å²) < 4.78 is 0. The minimum atomic E-state index is -0.0862. The van der Waals surface area contributed by atoms with Crippen molar-refractivity contribution >= 4 is 12.0 Å². The molecule has 3 heteroatoms. The normalized spacial score (nSPS) is 9.26. The van der Waals surface area contributed by atoms with Gasteiger partial charge in [0.25, 0.3) is 5.91 Å². The molecule has 1 amide bonds. The summed E-state index contributed by atoms with van der Waals surface area (Å²) in [6.45, 7) is 9.31. The Labute approximate surface area is 116 Å². The second-order valence-corrected chi connectivity index (χ2v) is 4.30. The van der Waals surface area contributed by atoms with Crippen LogP contribution in [0.1, 0.15) is 25.3 Å². The summed E-state index contributed by atoms with van der Waals surface area (Å²) >= 11 is 0. The van der Waals surface area contributed by atoms with E-state index in [1.54, 1.807) is 19.1 Å². The van der Waals surface area contributed by atoms with Crippen molar-refractivity contribution in [1.82, 2.24) is 10.4 Å². The van der Waals surface area contributed by atoms with Crippen LogP contribution >= 0.6 is 0 Å². The van der Waals surface area contributed by atoms with E-state index in [1.807, 2.05) is 43.3 Å². The quantitative estimate of drug-likeness (QED) is 0.651. The molecule has 0 aliphatic carbocycles. The number of nitrogens with one attached hydrogen (secondary N) is 1. The first kappa shape index (κ1) is 17.1. The van der Waals surface area contributed by atoms with Gasteiger partial charge in [-0.1, -0.05) is 62.9 Å². The van der Waals surface area contributed by atoms with Crippen molar-refractivity contribution in [2.45, 2.75) is 19.8 Å². The fourth-order valence-electron chi connectivity index (χ4n) is 1.29. The Morgan fingerprint density at radius 2 is 1.89 bits per heavy atom. The lowest BCUT2D eigenvalue weighted by molar-refractivity contribution is -0.121. The summed E-state index contributed by atoms with van der Waals surface area (Å²) in [5, 5.41) is 1.61. The fourth-order valence-corrected chi connectivity index (χ4v) is 1.29. The van der Waals surface area contributed by atoms with Crippen molar-refractivity contribution in [2.75, 3.05) is 14.1 Å². The molecule has 0 saturated heterocycles. The predicted molar refractivity (Wildman–Crippen MR) is 82.4 cm³/mol. The molecule has 0 aromatic heterocycles. The highest BCUT2D eigenvalue weighted by Gasteiger charge is 2.04. The average Bonchev–Trinajstić information content (AvgIpc) is 2.40. The molecule has 0 aliphatic rings. The Kier molecular flexibility index (Phi) is 9.10. The van der Waals surface area contributed by atoms with E-state index in [4.69, 9.17) is 0 Å². The minimum absolute atomic E-state index is 0.0862. The van der Waals surface area contributed by atoms with Gasteiger partial charge >= 0.3 is 0 Å². The minimum Gasteiger partial charge on any atom is -0.286 e. The summed E-state index contributed by atoms with van der Waals surface area (Å²) in [5.74, 6) is -0.0862. The van der Waals surface area contributed by atoms with E-state index in [2.05, 4.69) is 18.6 Å². The van der Waals surface area contributed by atoms with Crippen LogP contribution in [0.2, 0.25) is 0 Å². The maximum Gasteiger partial charge on any atom is 0.260 e. The molecule has 1 rings (SSSR count). The van der Waals surface area contributed by atoms with Gasteiger partial charge in [-0.25, -0.2) is 5.01 Å². The van der Waals surface area contributed by atoms with Crippen LogP contribution in [0, 0.1) is 0 Å². The zero-order chi connectivity index (χ0) is 14.7. The molecule has 1 aromatic carbocycles. The molecule has 0 saturated carbocycles. The first-order chi connectivity index (χ1) is 9.01. The van der Waals surface area contributed by atoms with E-state index < -0.39 is 0 Å². The van der Waals surface area contributed by atoms with Crippen LogP contribution in [0.15, 0.2) is 49.1 Å². The number of carbonyl (C=O) groups is 1. The molecule has 0 atom stereocenters. The predicted octanol–water partition coefficient (Wildman–Crippen LogP) is 3.27. The van der Waals surface area contributed by atoms with Gasteiger partial charge in [-0.05, 0) is 12.0 Å². The van der Waals surface area contributed by atoms with Gasteiger partial charge in [-0.15, -0.1) is 0 Å². The van der Waals surface area contributed by atoms with Crippen LogP contribution in [-0.4, -0.2) is 25.0 Å². The highest BCUT2D eigenvalue weighted by Crippen LogP contribution is 2.00. The zero-order valence-corrected chi connectivity index (χ0v) is 12.1. The molecule has 3 nitrogen and oxygen atoms in total. The van der Waals surface area contributed by atoms with Crippen molar-refractivity contribution in [3.63, 3.8) is 0 Å². The third-order valence-corrected chi connectivity index (χ3v) is 2.23. The lowest BCUT2D eigenvalue weighted by Gasteiger charge is -2.12. The second-order valence-electron chi connectivity index (χ2n) is 4.30. The SMILES string of the molecule is C=C(CCC)C(=O)NN(C)C.C=Cc1ccccc1. The smallest absolute Gasteiger partial charge is 0.260 e. The van der Waals surface area contributed by atoms with Crippen molar-refractivity contribution in [1.29, 1.82) is 0 Å². The van der Waals surface area contributed by atoms with Crippen molar-refractivity contribution in [3.05, 3.63) is 54.6 Å². The molecule has 0 aliphatic heterocycles. The molecule has 1 N–H and O–H groups in total. The molecule has 0 unspecified atom stereocenters.